The van der Waals surface area contributed by atoms with Crippen LogP contribution in [0.1, 0.15) is 10.4 Å². The van der Waals surface area contributed by atoms with E-state index in [0.717, 1.165) is 6.07 Å². The van der Waals surface area contributed by atoms with Crippen LogP contribution in [0.2, 0.25) is 0 Å². The van der Waals surface area contributed by atoms with Gasteiger partial charge in [-0.3, -0.25) is 14.9 Å². The molecule has 0 saturated heterocycles. The highest BCUT2D eigenvalue weighted by Gasteiger charge is 2.17. The first kappa shape index (κ1) is 17.2. The van der Waals surface area contributed by atoms with Crippen molar-refractivity contribution in [2.45, 2.75) is 0 Å². The summed E-state index contributed by atoms with van der Waals surface area (Å²) in [7, 11) is 1.31. The summed E-state index contributed by atoms with van der Waals surface area (Å²) < 4.78 is 23.0. The van der Waals surface area contributed by atoms with Crippen LogP contribution in [0, 0.1) is 15.9 Å². The molecule has 0 spiro atoms. The van der Waals surface area contributed by atoms with Crippen LogP contribution in [0.5, 0.6) is 11.5 Å². The second-order valence-corrected chi connectivity index (χ2v) is 4.70. The normalized spacial score (nSPS) is 10.1. The van der Waals surface area contributed by atoms with Gasteiger partial charge in [-0.1, -0.05) is 0 Å². The Balaban J connectivity index is 1.89. The minimum atomic E-state index is -0.618. The number of carbonyl (C=O) groups excluding carboxylic acids is 1. The zero-order valence-corrected chi connectivity index (χ0v) is 12.8. The molecule has 0 bridgehead atoms. The smallest absolute Gasteiger partial charge is 0.311 e. The molecule has 1 N–H and O–H groups in total. The fraction of sp³-hybridized carbons (Fsp3) is 0.188. The van der Waals surface area contributed by atoms with Gasteiger partial charge >= 0.3 is 5.69 Å². The maximum atomic E-state index is 12.7. The number of benzene rings is 2. The van der Waals surface area contributed by atoms with Crippen LogP contribution in [0.25, 0.3) is 0 Å². The van der Waals surface area contributed by atoms with E-state index in [2.05, 4.69) is 5.32 Å². The summed E-state index contributed by atoms with van der Waals surface area (Å²) in [5.41, 5.74) is -0.142. The third-order valence-corrected chi connectivity index (χ3v) is 3.11. The van der Waals surface area contributed by atoms with Gasteiger partial charge in [0.25, 0.3) is 5.91 Å². The zero-order chi connectivity index (χ0) is 17.5. The minimum Gasteiger partial charge on any atom is -0.492 e. The highest BCUT2D eigenvalue weighted by Crippen LogP contribution is 2.27. The first-order valence-electron chi connectivity index (χ1n) is 7.00. The van der Waals surface area contributed by atoms with Gasteiger partial charge in [-0.05, 0) is 36.4 Å². The Labute approximate surface area is 137 Å². The molecule has 0 aliphatic heterocycles. The average Bonchev–Trinajstić information content (AvgIpc) is 2.59. The Hall–Kier alpha value is -3.16. The third kappa shape index (κ3) is 4.42. The van der Waals surface area contributed by atoms with Crippen LogP contribution in [0.4, 0.5) is 10.1 Å². The maximum absolute atomic E-state index is 12.7. The molecule has 0 aliphatic rings. The Morgan fingerprint density at radius 3 is 2.58 bits per heavy atom. The fourth-order valence-corrected chi connectivity index (χ4v) is 1.94. The van der Waals surface area contributed by atoms with Crippen LogP contribution < -0.4 is 14.8 Å². The first-order chi connectivity index (χ1) is 11.5. The van der Waals surface area contributed by atoms with E-state index in [4.69, 9.17) is 9.47 Å². The molecule has 0 atom stereocenters. The summed E-state index contributed by atoms with van der Waals surface area (Å²) in [6.07, 6.45) is 0. The van der Waals surface area contributed by atoms with E-state index in [-0.39, 0.29) is 36.0 Å². The van der Waals surface area contributed by atoms with Crippen LogP contribution in [0.3, 0.4) is 0 Å². The molecular formula is C16H15FN2O5. The van der Waals surface area contributed by atoms with Gasteiger partial charge in [0, 0.05) is 11.6 Å². The molecule has 2 aromatic carbocycles. The number of methoxy groups -OCH3 is 1. The molecule has 0 radical (unpaired) electrons. The molecule has 2 aromatic rings. The predicted molar refractivity (Wildman–Crippen MR) is 83.9 cm³/mol. The monoisotopic (exact) mass is 334 g/mol. The van der Waals surface area contributed by atoms with E-state index in [9.17, 15) is 19.3 Å². The van der Waals surface area contributed by atoms with E-state index in [1.54, 1.807) is 0 Å². The molecule has 0 aromatic heterocycles. The van der Waals surface area contributed by atoms with Gasteiger partial charge < -0.3 is 14.8 Å². The lowest BCUT2D eigenvalue weighted by Crippen LogP contribution is -2.28. The van der Waals surface area contributed by atoms with Gasteiger partial charge in [0.1, 0.15) is 18.2 Å². The Morgan fingerprint density at radius 2 is 1.96 bits per heavy atom. The molecular weight excluding hydrogens is 319 g/mol. The van der Waals surface area contributed by atoms with Gasteiger partial charge in [-0.2, -0.15) is 0 Å². The molecule has 0 aliphatic carbocycles. The van der Waals surface area contributed by atoms with Crippen LogP contribution in [-0.2, 0) is 0 Å². The number of carbonyl (C=O) groups is 1. The summed E-state index contributed by atoms with van der Waals surface area (Å²) in [4.78, 5) is 22.3. The summed E-state index contributed by atoms with van der Waals surface area (Å²) in [6.45, 7) is 0.367. The van der Waals surface area contributed by atoms with Crippen molar-refractivity contribution in [3.05, 3.63) is 64.0 Å². The molecule has 7 nitrogen and oxygen atoms in total. The Bertz CT molecular complexity index is 734. The lowest BCUT2D eigenvalue weighted by molar-refractivity contribution is -0.385. The van der Waals surface area contributed by atoms with Crippen molar-refractivity contribution in [1.29, 1.82) is 0 Å². The van der Waals surface area contributed by atoms with Crippen molar-refractivity contribution in [2.75, 3.05) is 20.3 Å². The molecule has 0 heterocycles. The highest BCUT2D eigenvalue weighted by atomic mass is 19.1. The average molecular weight is 334 g/mol. The topological polar surface area (TPSA) is 90.7 Å². The molecule has 126 valence electrons. The van der Waals surface area contributed by atoms with Crippen molar-refractivity contribution < 1.29 is 23.6 Å². The number of nitro benzene ring substituents is 1. The van der Waals surface area contributed by atoms with Gasteiger partial charge in [-0.15, -0.1) is 0 Å². The summed E-state index contributed by atoms with van der Waals surface area (Å²) in [5.74, 6) is -0.276. The molecule has 0 unspecified atom stereocenters. The van der Waals surface area contributed by atoms with Gasteiger partial charge in [-0.25, -0.2) is 4.39 Å². The van der Waals surface area contributed by atoms with Crippen molar-refractivity contribution >= 4 is 11.6 Å². The molecule has 24 heavy (non-hydrogen) atoms. The van der Waals surface area contributed by atoms with Crippen LogP contribution >= 0.6 is 0 Å². The Morgan fingerprint density at radius 1 is 1.25 bits per heavy atom. The van der Waals surface area contributed by atoms with Crippen molar-refractivity contribution in [3.8, 4) is 11.5 Å². The minimum absolute atomic E-state index is 0.0798. The lowest BCUT2D eigenvalue weighted by Gasteiger charge is -2.08. The van der Waals surface area contributed by atoms with Crippen LogP contribution in [-0.4, -0.2) is 31.1 Å². The van der Waals surface area contributed by atoms with Gasteiger partial charge in [0.2, 0.25) is 0 Å². The zero-order valence-electron chi connectivity index (χ0n) is 12.8. The number of nitrogens with zero attached hydrogens (tertiary/aromatic N) is 1. The SMILES string of the molecule is COc1ccc(C(=O)NCCOc2ccc(F)cc2)cc1[N+](=O)[O-]. The number of nitro groups is 1. The molecule has 1 amide bonds. The standard InChI is InChI=1S/C16H15FN2O5/c1-23-15-7-2-11(10-14(15)19(21)22)16(20)18-8-9-24-13-5-3-12(17)4-6-13/h2-7,10H,8-9H2,1H3,(H,18,20). The quantitative estimate of drug-likeness (QED) is 0.477. The van der Waals surface area contributed by atoms with Crippen molar-refractivity contribution in [2.24, 2.45) is 0 Å². The molecule has 2 rings (SSSR count). The number of hydrogen-bond donors (Lipinski definition) is 1. The summed E-state index contributed by atoms with van der Waals surface area (Å²) in [6, 6.07) is 9.43. The number of ether oxygens (including phenoxy) is 2. The number of amides is 1. The van der Waals surface area contributed by atoms with Gasteiger partial charge in [0.05, 0.1) is 18.6 Å². The second-order valence-electron chi connectivity index (χ2n) is 4.70. The van der Waals surface area contributed by atoms with E-state index >= 15 is 0 Å². The molecule has 0 fully saturated rings. The lowest BCUT2D eigenvalue weighted by atomic mass is 10.1. The first-order valence-corrected chi connectivity index (χ1v) is 7.00. The van der Waals surface area contributed by atoms with Gasteiger partial charge in [0.15, 0.2) is 5.75 Å². The fourth-order valence-electron chi connectivity index (χ4n) is 1.94. The number of rotatable bonds is 7. The number of nitrogens with one attached hydrogen (secondary N) is 1. The predicted octanol–water partition coefficient (Wildman–Crippen LogP) is 2.55. The maximum Gasteiger partial charge on any atom is 0.311 e. The van der Waals surface area contributed by atoms with Crippen molar-refractivity contribution in [1.82, 2.24) is 5.32 Å². The number of hydrogen-bond acceptors (Lipinski definition) is 5. The third-order valence-electron chi connectivity index (χ3n) is 3.11. The van der Waals surface area contributed by atoms with Crippen molar-refractivity contribution in [3.63, 3.8) is 0 Å². The molecule has 8 heteroatoms. The number of halogens is 1. The summed E-state index contributed by atoms with van der Waals surface area (Å²) >= 11 is 0. The molecule has 0 saturated carbocycles. The van der Waals surface area contributed by atoms with E-state index in [1.807, 2.05) is 0 Å². The highest BCUT2D eigenvalue weighted by molar-refractivity contribution is 5.95. The largest absolute Gasteiger partial charge is 0.492 e. The summed E-state index contributed by atoms with van der Waals surface area (Å²) in [5, 5.41) is 13.5. The van der Waals surface area contributed by atoms with E-state index in [1.165, 1.54) is 43.5 Å². The Kier molecular flexibility index (Phi) is 5.67. The van der Waals surface area contributed by atoms with E-state index in [0.29, 0.717) is 5.75 Å². The van der Waals surface area contributed by atoms with Crippen LogP contribution in [0.15, 0.2) is 42.5 Å². The van der Waals surface area contributed by atoms with E-state index < -0.39 is 10.8 Å². The second kappa shape index (κ2) is 7.91.